The van der Waals surface area contributed by atoms with Crippen molar-refractivity contribution in [1.29, 1.82) is 0 Å². The number of nitrogens with zero attached hydrogens (tertiary/aromatic N) is 2. The predicted molar refractivity (Wildman–Crippen MR) is 219 cm³/mol. The van der Waals surface area contributed by atoms with Crippen LogP contribution in [0.5, 0.6) is 11.5 Å². The molecule has 8 aromatic carbocycles. The molecule has 0 saturated carbocycles. The first-order valence-corrected chi connectivity index (χ1v) is 18.4. The van der Waals surface area contributed by atoms with E-state index in [1.54, 1.807) is 0 Å². The Morgan fingerprint density at radius 3 is 1.52 bits per heavy atom. The molecule has 3 nitrogen and oxygen atoms in total. The van der Waals surface area contributed by atoms with Gasteiger partial charge in [-0.25, -0.2) is 9.97 Å². The Hall–Kier alpha value is -7.10. The second kappa shape index (κ2) is 12.0. The largest absolute Gasteiger partial charge is 0.456 e. The number of benzene rings is 8. The molecule has 3 heteroatoms. The quantitative estimate of drug-likeness (QED) is 0.185. The van der Waals surface area contributed by atoms with Crippen LogP contribution in [0.1, 0.15) is 22.3 Å². The van der Waals surface area contributed by atoms with Crippen LogP contribution in [-0.4, -0.2) is 9.97 Å². The van der Waals surface area contributed by atoms with Gasteiger partial charge in [-0.2, -0.15) is 0 Å². The molecule has 54 heavy (non-hydrogen) atoms. The van der Waals surface area contributed by atoms with Crippen LogP contribution in [0.15, 0.2) is 194 Å². The molecule has 9 aromatic rings. The average molecular weight is 689 g/mol. The number of rotatable bonds is 4. The smallest absolute Gasteiger partial charge is 0.160 e. The van der Waals surface area contributed by atoms with Gasteiger partial charge in [0, 0.05) is 33.4 Å². The Morgan fingerprint density at radius 2 is 0.852 bits per heavy atom. The topological polar surface area (TPSA) is 35.0 Å². The fourth-order valence-electron chi connectivity index (χ4n) is 8.73. The number of hydrogen-bond acceptors (Lipinski definition) is 3. The zero-order chi connectivity index (χ0) is 35.6. The second-order valence-corrected chi connectivity index (χ2v) is 14.1. The van der Waals surface area contributed by atoms with Crippen molar-refractivity contribution in [3.8, 4) is 67.7 Å². The van der Waals surface area contributed by atoms with Gasteiger partial charge in [0.15, 0.2) is 5.82 Å². The molecule has 1 aliphatic carbocycles. The summed E-state index contributed by atoms with van der Waals surface area (Å²) in [7, 11) is 0. The van der Waals surface area contributed by atoms with Crippen molar-refractivity contribution in [2.24, 2.45) is 0 Å². The van der Waals surface area contributed by atoms with Crippen molar-refractivity contribution in [2.45, 2.75) is 5.41 Å². The van der Waals surface area contributed by atoms with Gasteiger partial charge < -0.3 is 4.74 Å². The zero-order valence-corrected chi connectivity index (χ0v) is 29.3. The molecule has 0 amide bonds. The summed E-state index contributed by atoms with van der Waals surface area (Å²) in [5.74, 6) is 2.48. The first-order valence-electron chi connectivity index (χ1n) is 18.4. The molecule has 0 fully saturated rings. The molecule has 0 atom stereocenters. The van der Waals surface area contributed by atoms with E-state index >= 15 is 0 Å². The van der Waals surface area contributed by atoms with Gasteiger partial charge >= 0.3 is 0 Å². The lowest BCUT2D eigenvalue weighted by Crippen LogP contribution is -2.32. The molecule has 1 aromatic heterocycles. The first-order chi connectivity index (χ1) is 26.8. The molecule has 0 bridgehead atoms. The molecule has 2 heterocycles. The molecule has 0 unspecified atom stereocenters. The Labute approximate surface area is 313 Å². The number of hydrogen-bond donors (Lipinski definition) is 0. The van der Waals surface area contributed by atoms with Crippen LogP contribution in [-0.2, 0) is 5.41 Å². The van der Waals surface area contributed by atoms with E-state index in [4.69, 9.17) is 14.7 Å². The molecule has 252 valence electrons. The third-order valence-corrected chi connectivity index (χ3v) is 11.2. The Balaban J connectivity index is 1.09. The minimum atomic E-state index is -0.543. The van der Waals surface area contributed by atoms with Crippen LogP contribution in [0.25, 0.3) is 66.9 Å². The number of fused-ring (bicyclic) bond motifs is 10. The lowest BCUT2D eigenvalue weighted by atomic mass is 9.65. The maximum atomic E-state index is 7.11. The highest BCUT2D eigenvalue weighted by molar-refractivity contribution is 5.94. The summed E-state index contributed by atoms with van der Waals surface area (Å²) < 4.78 is 7.11. The van der Waals surface area contributed by atoms with Crippen LogP contribution in [0, 0.1) is 0 Å². The Morgan fingerprint density at radius 1 is 0.352 bits per heavy atom. The van der Waals surface area contributed by atoms with Crippen LogP contribution < -0.4 is 4.74 Å². The summed E-state index contributed by atoms with van der Waals surface area (Å²) in [5, 5.41) is 2.36. The highest BCUT2D eigenvalue weighted by atomic mass is 16.5. The number of ether oxygens (including phenoxy) is 1. The number of aromatic nitrogens is 2. The van der Waals surface area contributed by atoms with Gasteiger partial charge in [0.05, 0.1) is 16.8 Å². The minimum absolute atomic E-state index is 0.543. The molecule has 1 spiro atoms. The molecule has 0 radical (unpaired) electrons. The third kappa shape index (κ3) is 4.55. The molecular weight excluding hydrogens is 657 g/mol. The highest BCUT2D eigenvalue weighted by Gasteiger charge is 2.51. The SMILES string of the molecule is c1ccc(-c2cc(-c3ccc(-c4cccc5c4Oc4cc6ccccc6cc4C54c5ccccc5-c5ccccc54)cc3)nc(-c3ccccc3)n2)cc1. The molecule has 1 aliphatic heterocycles. The zero-order valence-electron chi connectivity index (χ0n) is 29.3. The fourth-order valence-corrected chi connectivity index (χ4v) is 8.73. The van der Waals surface area contributed by atoms with Crippen LogP contribution >= 0.6 is 0 Å². The first kappa shape index (κ1) is 30.5. The van der Waals surface area contributed by atoms with E-state index in [9.17, 15) is 0 Å². The Kier molecular flexibility index (Phi) is 6.77. The van der Waals surface area contributed by atoms with E-state index in [1.807, 2.05) is 36.4 Å². The summed E-state index contributed by atoms with van der Waals surface area (Å²) in [6, 6.07) is 68.9. The summed E-state index contributed by atoms with van der Waals surface area (Å²) in [6.45, 7) is 0. The summed E-state index contributed by atoms with van der Waals surface area (Å²) in [6.07, 6.45) is 0. The van der Waals surface area contributed by atoms with Crippen molar-refractivity contribution in [3.05, 3.63) is 216 Å². The van der Waals surface area contributed by atoms with E-state index in [0.717, 1.165) is 61.7 Å². The maximum Gasteiger partial charge on any atom is 0.160 e. The standard InChI is InChI=1S/C51H32N2O/c1-3-14-34(15-4-1)46-32-47(53-50(52-46)36-16-5-2-6-17-36)35-28-26-33(27-29-35)39-22-13-25-44-49(39)54-48-31-38-19-8-7-18-37(38)30-45(48)51(44)42-23-11-9-20-40(42)41-21-10-12-24-43(41)51/h1-32H. The predicted octanol–water partition coefficient (Wildman–Crippen LogP) is 12.8. The fraction of sp³-hybridized carbons (Fsp3) is 0.0196. The maximum absolute atomic E-state index is 7.11. The van der Waals surface area contributed by atoms with Gasteiger partial charge in [-0.05, 0) is 56.8 Å². The lowest BCUT2D eigenvalue weighted by Gasteiger charge is -2.40. The normalized spacial score (nSPS) is 13.1. The highest BCUT2D eigenvalue weighted by Crippen LogP contribution is 2.63. The molecule has 0 saturated heterocycles. The van der Waals surface area contributed by atoms with E-state index < -0.39 is 5.41 Å². The van der Waals surface area contributed by atoms with Crippen LogP contribution in [0.3, 0.4) is 0 Å². The van der Waals surface area contributed by atoms with Gasteiger partial charge in [-0.1, -0.05) is 176 Å². The minimum Gasteiger partial charge on any atom is -0.456 e. The summed E-state index contributed by atoms with van der Waals surface area (Å²) >= 11 is 0. The van der Waals surface area contributed by atoms with Gasteiger partial charge in [-0.3, -0.25) is 0 Å². The average Bonchev–Trinajstić information content (AvgIpc) is 3.54. The van der Waals surface area contributed by atoms with Crippen LogP contribution in [0.2, 0.25) is 0 Å². The second-order valence-electron chi connectivity index (χ2n) is 14.1. The van der Waals surface area contributed by atoms with Gasteiger partial charge in [0.1, 0.15) is 11.5 Å². The van der Waals surface area contributed by atoms with Crippen molar-refractivity contribution in [1.82, 2.24) is 9.97 Å². The summed E-state index contributed by atoms with van der Waals surface area (Å²) in [4.78, 5) is 10.1. The Bertz CT molecular complexity index is 2790. The third-order valence-electron chi connectivity index (χ3n) is 11.2. The number of para-hydroxylation sites is 1. The van der Waals surface area contributed by atoms with Crippen molar-refractivity contribution < 1.29 is 4.74 Å². The molecular formula is C51H32N2O. The van der Waals surface area contributed by atoms with Crippen LogP contribution in [0.4, 0.5) is 0 Å². The van der Waals surface area contributed by atoms with Crippen molar-refractivity contribution in [3.63, 3.8) is 0 Å². The van der Waals surface area contributed by atoms with Crippen molar-refractivity contribution in [2.75, 3.05) is 0 Å². The van der Waals surface area contributed by atoms with Gasteiger partial charge in [0.25, 0.3) is 0 Å². The molecule has 0 N–H and O–H groups in total. The van der Waals surface area contributed by atoms with Gasteiger partial charge in [0.2, 0.25) is 0 Å². The van der Waals surface area contributed by atoms with Gasteiger partial charge in [-0.15, -0.1) is 0 Å². The van der Waals surface area contributed by atoms with E-state index in [0.29, 0.717) is 5.82 Å². The van der Waals surface area contributed by atoms with E-state index in [2.05, 4.69) is 158 Å². The lowest BCUT2D eigenvalue weighted by molar-refractivity contribution is 0.439. The molecule has 2 aliphatic rings. The monoisotopic (exact) mass is 688 g/mol. The van der Waals surface area contributed by atoms with E-state index in [1.165, 1.54) is 33.2 Å². The molecule has 11 rings (SSSR count). The summed E-state index contributed by atoms with van der Waals surface area (Å²) in [5.41, 5.74) is 13.8. The van der Waals surface area contributed by atoms with E-state index in [-0.39, 0.29) is 0 Å². The van der Waals surface area contributed by atoms with Crippen molar-refractivity contribution >= 4 is 10.8 Å².